The van der Waals surface area contributed by atoms with Crippen molar-refractivity contribution in [2.75, 3.05) is 19.6 Å². The van der Waals surface area contributed by atoms with E-state index in [-0.39, 0.29) is 30.7 Å². The molecule has 1 atom stereocenters. The molecule has 1 unspecified atom stereocenters. The van der Waals surface area contributed by atoms with Crippen LogP contribution >= 0.6 is 0 Å². The van der Waals surface area contributed by atoms with E-state index in [0.717, 1.165) is 13.1 Å². The molecule has 1 N–H and O–H groups in total. The molecule has 0 aromatic rings. The van der Waals surface area contributed by atoms with Gasteiger partial charge in [-0.15, -0.1) is 0 Å². The van der Waals surface area contributed by atoms with Crippen molar-refractivity contribution in [2.24, 2.45) is 5.92 Å². The fourth-order valence-electron chi connectivity index (χ4n) is 2.69. The fourth-order valence-corrected chi connectivity index (χ4v) is 2.69. The molecule has 17 heavy (non-hydrogen) atoms. The van der Waals surface area contributed by atoms with E-state index in [1.165, 1.54) is 0 Å². The standard InChI is InChI=1S/C12H20F2N2O/c1-9-8-15-6-7-16(9)11(17)10-2-4-12(13,14)5-3-10/h9-10,15H,2-8H2,1H3. The number of piperazine rings is 1. The third kappa shape index (κ3) is 2.94. The molecule has 0 radical (unpaired) electrons. The monoisotopic (exact) mass is 246 g/mol. The Balaban J connectivity index is 1.92. The largest absolute Gasteiger partial charge is 0.337 e. The summed E-state index contributed by atoms with van der Waals surface area (Å²) in [5.41, 5.74) is 0. The summed E-state index contributed by atoms with van der Waals surface area (Å²) in [5, 5.41) is 3.22. The van der Waals surface area contributed by atoms with Crippen LogP contribution in [0.4, 0.5) is 8.78 Å². The summed E-state index contributed by atoms with van der Waals surface area (Å²) in [6.07, 6.45) is 0.402. The van der Waals surface area contributed by atoms with E-state index in [9.17, 15) is 13.6 Å². The smallest absolute Gasteiger partial charge is 0.248 e. The molecule has 1 saturated heterocycles. The molecule has 5 heteroatoms. The highest BCUT2D eigenvalue weighted by Crippen LogP contribution is 2.37. The maximum absolute atomic E-state index is 13.0. The SMILES string of the molecule is CC1CNCCN1C(=O)C1CCC(F)(F)CC1. The molecular weight excluding hydrogens is 226 g/mol. The van der Waals surface area contributed by atoms with Crippen LogP contribution in [0.2, 0.25) is 0 Å². The van der Waals surface area contributed by atoms with Crippen molar-refractivity contribution in [3.8, 4) is 0 Å². The Morgan fingerprint density at radius 2 is 2.00 bits per heavy atom. The topological polar surface area (TPSA) is 32.3 Å². The molecular formula is C12H20F2N2O. The Kier molecular flexibility index (Phi) is 3.66. The van der Waals surface area contributed by atoms with Crippen molar-refractivity contribution in [3.05, 3.63) is 0 Å². The molecule has 1 aliphatic heterocycles. The minimum atomic E-state index is -2.55. The molecule has 98 valence electrons. The van der Waals surface area contributed by atoms with Gasteiger partial charge in [0.2, 0.25) is 11.8 Å². The summed E-state index contributed by atoms with van der Waals surface area (Å²) >= 11 is 0. The summed E-state index contributed by atoms with van der Waals surface area (Å²) < 4.78 is 26.1. The number of hydrogen-bond acceptors (Lipinski definition) is 2. The van der Waals surface area contributed by atoms with Gasteiger partial charge in [-0.1, -0.05) is 0 Å². The van der Waals surface area contributed by atoms with Crippen molar-refractivity contribution in [2.45, 2.75) is 44.6 Å². The third-order valence-electron chi connectivity index (χ3n) is 3.85. The number of nitrogens with zero attached hydrogens (tertiary/aromatic N) is 1. The first kappa shape index (κ1) is 12.7. The van der Waals surface area contributed by atoms with Crippen LogP contribution in [0.5, 0.6) is 0 Å². The summed E-state index contributed by atoms with van der Waals surface area (Å²) in [6.45, 7) is 4.31. The zero-order chi connectivity index (χ0) is 12.5. The van der Waals surface area contributed by atoms with Crippen LogP contribution in [0.15, 0.2) is 0 Å². The number of nitrogens with one attached hydrogen (secondary N) is 1. The van der Waals surface area contributed by atoms with Gasteiger partial charge in [-0.3, -0.25) is 4.79 Å². The average molecular weight is 246 g/mol. The summed E-state index contributed by atoms with van der Waals surface area (Å²) in [7, 11) is 0. The van der Waals surface area contributed by atoms with Gasteiger partial charge < -0.3 is 10.2 Å². The first-order chi connectivity index (χ1) is 7.99. The second kappa shape index (κ2) is 4.88. The fraction of sp³-hybridized carbons (Fsp3) is 0.917. The predicted molar refractivity (Wildman–Crippen MR) is 60.9 cm³/mol. The molecule has 1 saturated carbocycles. The Morgan fingerprint density at radius 1 is 1.35 bits per heavy atom. The lowest BCUT2D eigenvalue weighted by Crippen LogP contribution is -2.54. The van der Waals surface area contributed by atoms with Gasteiger partial charge in [-0.05, 0) is 19.8 Å². The van der Waals surface area contributed by atoms with Crippen LogP contribution in [-0.4, -0.2) is 42.4 Å². The quantitative estimate of drug-likeness (QED) is 0.762. The van der Waals surface area contributed by atoms with E-state index in [0.29, 0.717) is 19.4 Å². The summed E-state index contributed by atoms with van der Waals surface area (Å²) in [5.74, 6) is -2.66. The molecule has 0 aromatic heterocycles. The van der Waals surface area contributed by atoms with Crippen LogP contribution in [0.1, 0.15) is 32.6 Å². The van der Waals surface area contributed by atoms with Gasteiger partial charge in [0.15, 0.2) is 0 Å². The lowest BCUT2D eigenvalue weighted by atomic mass is 9.85. The zero-order valence-corrected chi connectivity index (χ0v) is 10.2. The van der Waals surface area contributed by atoms with Crippen molar-refractivity contribution in [3.63, 3.8) is 0 Å². The Labute approximate surface area is 101 Å². The maximum Gasteiger partial charge on any atom is 0.248 e. The van der Waals surface area contributed by atoms with Gasteiger partial charge in [-0.2, -0.15) is 0 Å². The van der Waals surface area contributed by atoms with E-state index in [1.807, 2.05) is 11.8 Å². The molecule has 0 spiro atoms. The second-order valence-corrected chi connectivity index (χ2v) is 5.22. The number of rotatable bonds is 1. The maximum atomic E-state index is 13.0. The third-order valence-corrected chi connectivity index (χ3v) is 3.85. The normalized spacial score (nSPS) is 30.3. The molecule has 0 aromatic carbocycles. The van der Waals surface area contributed by atoms with Crippen LogP contribution in [0.3, 0.4) is 0 Å². The lowest BCUT2D eigenvalue weighted by Gasteiger charge is -2.38. The highest BCUT2D eigenvalue weighted by atomic mass is 19.3. The predicted octanol–water partition coefficient (Wildman–Crippen LogP) is 1.63. The minimum absolute atomic E-state index is 0.0782. The molecule has 3 nitrogen and oxygen atoms in total. The van der Waals surface area contributed by atoms with E-state index in [2.05, 4.69) is 5.32 Å². The Morgan fingerprint density at radius 3 is 2.59 bits per heavy atom. The first-order valence-electron chi connectivity index (χ1n) is 6.39. The van der Waals surface area contributed by atoms with Crippen molar-refractivity contribution in [1.82, 2.24) is 10.2 Å². The summed E-state index contributed by atoms with van der Waals surface area (Å²) in [6, 6.07) is 0.179. The van der Waals surface area contributed by atoms with E-state index < -0.39 is 5.92 Å². The molecule has 0 bridgehead atoms. The Bertz CT molecular complexity index is 286. The second-order valence-electron chi connectivity index (χ2n) is 5.22. The first-order valence-corrected chi connectivity index (χ1v) is 6.39. The lowest BCUT2D eigenvalue weighted by molar-refractivity contribution is -0.142. The number of carbonyl (C=O) groups is 1. The molecule has 1 heterocycles. The molecule has 1 amide bonds. The van der Waals surface area contributed by atoms with Gasteiger partial charge in [-0.25, -0.2) is 8.78 Å². The number of amides is 1. The van der Waals surface area contributed by atoms with Gasteiger partial charge in [0.1, 0.15) is 0 Å². The van der Waals surface area contributed by atoms with Crippen LogP contribution in [0.25, 0.3) is 0 Å². The van der Waals surface area contributed by atoms with E-state index in [1.54, 1.807) is 0 Å². The molecule has 2 aliphatic rings. The number of alkyl halides is 2. The van der Waals surface area contributed by atoms with Crippen molar-refractivity contribution in [1.29, 1.82) is 0 Å². The van der Waals surface area contributed by atoms with Gasteiger partial charge in [0, 0.05) is 44.4 Å². The molecule has 2 fully saturated rings. The van der Waals surface area contributed by atoms with Crippen molar-refractivity contribution >= 4 is 5.91 Å². The molecule has 1 aliphatic carbocycles. The van der Waals surface area contributed by atoms with Crippen LogP contribution < -0.4 is 5.32 Å². The van der Waals surface area contributed by atoms with Crippen LogP contribution in [-0.2, 0) is 4.79 Å². The number of halogens is 2. The van der Waals surface area contributed by atoms with Gasteiger partial charge in [0.25, 0.3) is 0 Å². The van der Waals surface area contributed by atoms with E-state index >= 15 is 0 Å². The number of hydrogen-bond donors (Lipinski definition) is 1. The molecule has 2 rings (SSSR count). The van der Waals surface area contributed by atoms with Gasteiger partial charge in [0.05, 0.1) is 0 Å². The number of carbonyl (C=O) groups excluding carboxylic acids is 1. The average Bonchev–Trinajstić information content (AvgIpc) is 2.29. The highest BCUT2D eigenvalue weighted by molar-refractivity contribution is 5.79. The van der Waals surface area contributed by atoms with E-state index in [4.69, 9.17) is 0 Å². The summed E-state index contributed by atoms with van der Waals surface area (Å²) in [4.78, 5) is 14.1. The van der Waals surface area contributed by atoms with Gasteiger partial charge >= 0.3 is 0 Å². The van der Waals surface area contributed by atoms with Crippen LogP contribution in [0, 0.1) is 5.92 Å². The highest BCUT2D eigenvalue weighted by Gasteiger charge is 2.39. The zero-order valence-electron chi connectivity index (χ0n) is 10.2. The Hall–Kier alpha value is -0.710. The van der Waals surface area contributed by atoms with Crippen molar-refractivity contribution < 1.29 is 13.6 Å². The minimum Gasteiger partial charge on any atom is -0.337 e.